The molecule has 0 heterocycles. The number of amides is 2. The monoisotopic (exact) mass is 325 g/mol. The van der Waals surface area contributed by atoms with E-state index in [2.05, 4.69) is 11.9 Å². The van der Waals surface area contributed by atoms with Crippen molar-refractivity contribution < 1.29 is 18.0 Å². The van der Waals surface area contributed by atoms with Gasteiger partial charge >= 0.3 is 12.2 Å². The molecule has 0 fully saturated rings. The molecule has 0 saturated heterocycles. The molecule has 0 atom stereocenters. The number of carbonyl (C=O) groups is 1. The van der Waals surface area contributed by atoms with Crippen LogP contribution < -0.4 is 16.8 Å². The van der Waals surface area contributed by atoms with Gasteiger partial charge in [0.1, 0.15) is 0 Å². The van der Waals surface area contributed by atoms with Crippen molar-refractivity contribution in [3.05, 3.63) is 71.6 Å². The van der Waals surface area contributed by atoms with Crippen molar-refractivity contribution in [2.45, 2.75) is 19.0 Å². The highest BCUT2D eigenvalue weighted by Crippen LogP contribution is 2.29. The smallest absolute Gasteiger partial charge is 0.405 e. The van der Waals surface area contributed by atoms with Gasteiger partial charge in [0, 0.05) is 5.70 Å². The van der Waals surface area contributed by atoms with E-state index in [0.717, 1.165) is 12.1 Å². The highest BCUT2D eigenvalue weighted by molar-refractivity contribution is 5.74. The molecule has 0 radical (unpaired) electrons. The topological polar surface area (TPSA) is 81.1 Å². The second-order valence-corrected chi connectivity index (χ2v) is 4.79. The molecule has 7 heteroatoms. The number of allylic oxidation sites excluding steroid dienone is 3. The van der Waals surface area contributed by atoms with Crippen LogP contribution in [-0.2, 0) is 12.6 Å². The molecule has 23 heavy (non-hydrogen) atoms. The van der Waals surface area contributed by atoms with Gasteiger partial charge in [-0.1, -0.05) is 24.8 Å². The van der Waals surface area contributed by atoms with E-state index in [1.807, 2.05) is 0 Å². The average Bonchev–Trinajstić information content (AvgIpc) is 2.43. The summed E-state index contributed by atoms with van der Waals surface area (Å²) in [5, 5.41) is 2.30. The zero-order chi connectivity index (χ0) is 17.5. The second kappa shape index (κ2) is 8.07. The first-order chi connectivity index (χ1) is 10.7. The Kier molecular flexibility index (Phi) is 6.44. The van der Waals surface area contributed by atoms with E-state index in [9.17, 15) is 18.0 Å². The maximum atomic E-state index is 12.7. The Morgan fingerprint density at radius 2 is 2.04 bits per heavy atom. The minimum atomic E-state index is -4.37. The maximum absolute atomic E-state index is 12.7. The first-order valence-corrected chi connectivity index (χ1v) is 6.72. The summed E-state index contributed by atoms with van der Waals surface area (Å²) in [6.45, 7) is 3.61. The van der Waals surface area contributed by atoms with Crippen LogP contribution in [0.5, 0.6) is 0 Å². The molecule has 0 spiro atoms. The van der Waals surface area contributed by atoms with E-state index >= 15 is 0 Å². The zero-order valence-electron chi connectivity index (χ0n) is 12.4. The zero-order valence-corrected chi connectivity index (χ0v) is 12.4. The van der Waals surface area contributed by atoms with Gasteiger partial charge < -0.3 is 16.8 Å². The molecule has 0 aliphatic carbocycles. The van der Waals surface area contributed by atoms with Crippen molar-refractivity contribution in [2.75, 3.05) is 0 Å². The molecular weight excluding hydrogens is 307 g/mol. The van der Waals surface area contributed by atoms with Crippen LogP contribution in [0.1, 0.15) is 17.5 Å². The molecule has 0 aromatic heterocycles. The Hall–Kier alpha value is -2.70. The van der Waals surface area contributed by atoms with Crippen molar-refractivity contribution in [1.29, 1.82) is 0 Å². The summed E-state index contributed by atoms with van der Waals surface area (Å²) in [6, 6.07) is 4.38. The number of rotatable bonds is 6. The molecule has 4 nitrogen and oxygen atoms in total. The highest BCUT2D eigenvalue weighted by Gasteiger charge is 2.30. The predicted octanol–water partition coefficient (Wildman–Crippen LogP) is 3.22. The lowest BCUT2D eigenvalue weighted by molar-refractivity contribution is -0.137. The van der Waals surface area contributed by atoms with Crippen LogP contribution in [0, 0.1) is 0 Å². The number of primary amides is 1. The molecule has 1 aromatic rings. The third kappa shape index (κ3) is 6.73. The van der Waals surface area contributed by atoms with Crippen LogP contribution in [0.2, 0.25) is 0 Å². The number of alkyl halides is 3. The molecule has 0 unspecified atom stereocenters. The van der Waals surface area contributed by atoms with Gasteiger partial charge in [-0.05, 0) is 48.4 Å². The van der Waals surface area contributed by atoms with Crippen molar-refractivity contribution in [2.24, 2.45) is 11.5 Å². The third-order valence-corrected chi connectivity index (χ3v) is 2.91. The van der Waals surface area contributed by atoms with Gasteiger partial charge in [-0.25, -0.2) is 4.79 Å². The fourth-order valence-electron chi connectivity index (χ4n) is 1.94. The van der Waals surface area contributed by atoms with Crippen LogP contribution >= 0.6 is 0 Å². The molecule has 2 amide bonds. The minimum Gasteiger partial charge on any atom is -0.405 e. The predicted molar refractivity (Wildman–Crippen MR) is 83.0 cm³/mol. The quantitative estimate of drug-likeness (QED) is 0.702. The van der Waals surface area contributed by atoms with Crippen molar-refractivity contribution in [3.63, 3.8) is 0 Å². The lowest BCUT2D eigenvalue weighted by Gasteiger charge is -2.09. The maximum Gasteiger partial charge on any atom is 0.416 e. The summed E-state index contributed by atoms with van der Waals surface area (Å²) in [4.78, 5) is 10.7. The summed E-state index contributed by atoms with van der Waals surface area (Å²) in [6.07, 6.45) is 0.878. The van der Waals surface area contributed by atoms with E-state index in [4.69, 9.17) is 11.5 Å². The Bertz CT molecular complexity index is 634. The number of hydrogen-bond donors (Lipinski definition) is 3. The first-order valence-electron chi connectivity index (χ1n) is 6.72. The van der Waals surface area contributed by atoms with E-state index in [0.29, 0.717) is 24.0 Å². The standard InChI is InChI=1S/C16H18F3N3O/c1-11(22-15(21)23)9-13(7-8-20)6-5-12-3-2-4-14(10-12)16(17,18)19/h2-4,7-10H,1,5-6,20H2,(H3,21,22,23)/b8-7-,13-9-. The molecule has 1 aromatic carbocycles. The number of benzene rings is 1. The van der Waals surface area contributed by atoms with Crippen molar-refractivity contribution in [1.82, 2.24) is 5.32 Å². The van der Waals surface area contributed by atoms with Crippen LogP contribution in [-0.4, -0.2) is 6.03 Å². The first kappa shape index (κ1) is 18.3. The highest BCUT2D eigenvalue weighted by atomic mass is 19.4. The number of hydrogen-bond acceptors (Lipinski definition) is 2. The number of nitrogens with one attached hydrogen (secondary N) is 1. The summed E-state index contributed by atoms with van der Waals surface area (Å²) in [5.74, 6) is 0. The average molecular weight is 325 g/mol. The third-order valence-electron chi connectivity index (χ3n) is 2.91. The van der Waals surface area contributed by atoms with E-state index in [1.54, 1.807) is 18.2 Å². The molecule has 0 aliphatic heterocycles. The largest absolute Gasteiger partial charge is 0.416 e. The lowest BCUT2D eigenvalue weighted by atomic mass is 10.0. The SMILES string of the molecule is C=C(/C=C(\C=C/N)CCc1cccc(C(F)(F)F)c1)NC(N)=O. The van der Waals surface area contributed by atoms with Gasteiger partial charge in [-0.15, -0.1) is 0 Å². The molecule has 1 rings (SSSR count). The van der Waals surface area contributed by atoms with Gasteiger partial charge in [-0.3, -0.25) is 0 Å². The number of urea groups is 1. The molecule has 0 bridgehead atoms. The molecule has 0 aliphatic rings. The normalized spacial score (nSPS) is 12.4. The summed E-state index contributed by atoms with van der Waals surface area (Å²) < 4.78 is 38.0. The van der Waals surface area contributed by atoms with Crippen molar-refractivity contribution in [3.8, 4) is 0 Å². The van der Waals surface area contributed by atoms with Gasteiger partial charge in [0.2, 0.25) is 0 Å². The van der Waals surface area contributed by atoms with Gasteiger partial charge in [0.25, 0.3) is 0 Å². The van der Waals surface area contributed by atoms with Crippen LogP contribution in [0.15, 0.2) is 60.5 Å². The Balaban J connectivity index is 2.82. The fraction of sp³-hybridized carbons (Fsp3) is 0.188. The van der Waals surface area contributed by atoms with Crippen LogP contribution in [0.25, 0.3) is 0 Å². The van der Waals surface area contributed by atoms with Crippen molar-refractivity contribution >= 4 is 6.03 Å². The van der Waals surface area contributed by atoms with E-state index in [-0.39, 0.29) is 5.70 Å². The molecule has 124 valence electrons. The Morgan fingerprint density at radius 3 is 2.61 bits per heavy atom. The molecule has 5 N–H and O–H groups in total. The van der Waals surface area contributed by atoms with Crippen LogP contribution in [0.4, 0.5) is 18.0 Å². The number of aryl methyl sites for hydroxylation is 1. The second-order valence-electron chi connectivity index (χ2n) is 4.79. The number of carbonyl (C=O) groups excluding carboxylic acids is 1. The van der Waals surface area contributed by atoms with Gasteiger partial charge in [0.15, 0.2) is 0 Å². The summed E-state index contributed by atoms with van der Waals surface area (Å²) in [5.41, 5.74) is 11.2. The summed E-state index contributed by atoms with van der Waals surface area (Å²) >= 11 is 0. The minimum absolute atomic E-state index is 0.273. The number of halogens is 3. The van der Waals surface area contributed by atoms with E-state index in [1.165, 1.54) is 12.3 Å². The van der Waals surface area contributed by atoms with Crippen LogP contribution in [0.3, 0.4) is 0 Å². The molecular formula is C16H18F3N3O. The Morgan fingerprint density at radius 1 is 1.35 bits per heavy atom. The lowest BCUT2D eigenvalue weighted by Crippen LogP contribution is -2.27. The Labute approximate surface area is 132 Å². The number of nitrogens with two attached hydrogens (primary N) is 2. The van der Waals surface area contributed by atoms with Gasteiger partial charge in [0.05, 0.1) is 5.56 Å². The summed E-state index contributed by atoms with van der Waals surface area (Å²) in [7, 11) is 0. The van der Waals surface area contributed by atoms with E-state index < -0.39 is 17.8 Å². The fourth-order valence-corrected chi connectivity index (χ4v) is 1.94. The van der Waals surface area contributed by atoms with Gasteiger partial charge in [-0.2, -0.15) is 13.2 Å². The molecule has 0 saturated carbocycles.